The number of rotatable bonds is 7. The second-order valence-electron chi connectivity index (χ2n) is 7.00. The van der Waals surface area contributed by atoms with Crippen LogP contribution in [0.4, 0.5) is 0 Å². The van der Waals surface area contributed by atoms with E-state index in [-0.39, 0.29) is 11.9 Å². The lowest BCUT2D eigenvalue weighted by Gasteiger charge is -2.31. The lowest BCUT2D eigenvalue weighted by molar-refractivity contribution is -0.131. The molecule has 1 unspecified atom stereocenters. The minimum atomic E-state index is 0.125. The number of carbonyl (C=O) groups excluding carboxylic acids is 1. The van der Waals surface area contributed by atoms with E-state index in [9.17, 15) is 4.79 Å². The molecule has 0 radical (unpaired) electrons. The molecule has 1 aromatic carbocycles. The maximum absolute atomic E-state index is 13.1. The third-order valence-corrected chi connectivity index (χ3v) is 5.14. The van der Waals surface area contributed by atoms with Crippen LogP contribution in [-0.2, 0) is 11.3 Å². The van der Waals surface area contributed by atoms with E-state index in [1.54, 1.807) is 6.26 Å². The molecule has 0 saturated carbocycles. The molecule has 26 heavy (non-hydrogen) atoms. The fourth-order valence-corrected chi connectivity index (χ4v) is 3.40. The summed E-state index contributed by atoms with van der Waals surface area (Å²) in [6.45, 7) is 3.03. The van der Waals surface area contributed by atoms with Crippen LogP contribution in [0.2, 0.25) is 0 Å². The van der Waals surface area contributed by atoms with Crippen molar-refractivity contribution in [1.82, 2.24) is 9.80 Å². The summed E-state index contributed by atoms with van der Waals surface area (Å²) in [5.41, 5.74) is 2.36. The Morgan fingerprint density at radius 3 is 2.62 bits per heavy atom. The minimum absolute atomic E-state index is 0.125. The van der Waals surface area contributed by atoms with Gasteiger partial charge in [0, 0.05) is 11.7 Å². The van der Waals surface area contributed by atoms with Gasteiger partial charge in [0.15, 0.2) is 0 Å². The number of amides is 1. The lowest BCUT2D eigenvalue weighted by Crippen LogP contribution is -2.39. The summed E-state index contributed by atoms with van der Waals surface area (Å²) < 4.78 is 5.49. The van der Waals surface area contributed by atoms with Crippen molar-refractivity contribution < 1.29 is 9.21 Å². The van der Waals surface area contributed by atoms with Gasteiger partial charge in [-0.25, -0.2) is 0 Å². The van der Waals surface area contributed by atoms with Gasteiger partial charge >= 0.3 is 0 Å². The van der Waals surface area contributed by atoms with Crippen molar-refractivity contribution in [2.75, 3.05) is 13.6 Å². The van der Waals surface area contributed by atoms with E-state index in [4.69, 9.17) is 4.42 Å². The molecule has 0 spiro atoms. The zero-order chi connectivity index (χ0) is 18.4. The number of furan rings is 1. The van der Waals surface area contributed by atoms with E-state index in [0.29, 0.717) is 13.1 Å². The van der Waals surface area contributed by atoms with Crippen molar-refractivity contribution in [2.24, 2.45) is 0 Å². The topological polar surface area (TPSA) is 36.7 Å². The first-order valence-corrected chi connectivity index (χ1v) is 9.42. The highest BCUT2D eigenvalue weighted by molar-refractivity contribution is 5.80. The molecule has 0 saturated heterocycles. The van der Waals surface area contributed by atoms with E-state index in [2.05, 4.69) is 30.0 Å². The van der Waals surface area contributed by atoms with Crippen LogP contribution < -0.4 is 0 Å². The molecule has 1 aliphatic rings. The Morgan fingerprint density at radius 1 is 1.15 bits per heavy atom. The molecule has 0 bridgehead atoms. The molecule has 0 aliphatic heterocycles. The molecule has 1 aromatic heterocycles. The highest BCUT2D eigenvalue weighted by Gasteiger charge is 2.23. The summed E-state index contributed by atoms with van der Waals surface area (Å²) in [5, 5.41) is 0. The van der Waals surface area contributed by atoms with Crippen LogP contribution in [0, 0.1) is 0 Å². The van der Waals surface area contributed by atoms with Gasteiger partial charge in [-0.15, -0.1) is 0 Å². The van der Waals surface area contributed by atoms with Crippen molar-refractivity contribution in [3.05, 3.63) is 71.8 Å². The Hall–Kier alpha value is -2.33. The largest absolute Gasteiger partial charge is 0.467 e. The van der Waals surface area contributed by atoms with Crippen LogP contribution in [0.15, 0.2) is 64.9 Å². The van der Waals surface area contributed by atoms with E-state index in [1.807, 2.05) is 42.3 Å². The van der Waals surface area contributed by atoms with Crippen molar-refractivity contribution in [3.63, 3.8) is 0 Å². The Bertz CT molecular complexity index is 722. The van der Waals surface area contributed by atoms with Gasteiger partial charge in [0.05, 0.1) is 19.4 Å². The molecule has 2 aromatic rings. The maximum Gasteiger partial charge on any atom is 0.241 e. The molecule has 3 rings (SSSR count). The van der Waals surface area contributed by atoms with Crippen molar-refractivity contribution in [3.8, 4) is 0 Å². The molecule has 1 heterocycles. The second-order valence-corrected chi connectivity index (χ2v) is 7.00. The maximum atomic E-state index is 13.1. The number of benzene rings is 1. The number of likely N-dealkylation sites (N-methyl/N-ethyl adjacent to an activating group) is 1. The number of allylic oxidation sites excluding steroid dienone is 2. The average Bonchev–Trinajstić information content (AvgIpc) is 3.20. The number of hydrogen-bond acceptors (Lipinski definition) is 3. The van der Waals surface area contributed by atoms with Gasteiger partial charge in [-0.3, -0.25) is 9.69 Å². The van der Waals surface area contributed by atoms with Gasteiger partial charge in [0.25, 0.3) is 0 Å². The molecule has 0 fully saturated rings. The van der Waals surface area contributed by atoms with E-state index < -0.39 is 0 Å². The van der Waals surface area contributed by atoms with Gasteiger partial charge in [-0.2, -0.15) is 0 Å². The lowest BCUT2D eigenvalue weighted by atomic mass is 10.0. The van der Waals surface area contributed by atoms with Crippen LogP contribution in [0.5, 0.6) is 0 Å². The zero-order valence-electron chi connectivity index (χ0n) is 15.7. The second kappa shape index (κ2) is 8.86. The molecular formula is C22H28N2O2. The van der Waals surface area contributed by atoms with Gasteiger partial charge < -0.3 is 9.32 Å². The SMILES string of the molecule is CC(c1ccccc1)N(C)CC(=O)N(Cc1ccco1)C1=CCCCC1. The zero-order valence-corrected chi connectivity index (χ0v) is 15.7. The van der Waals surface area contributed by atoms with Crippen LogP contribution >= 0.6 is 0 Å². The van der Waals surface area contributed by atoms with E-state index in [0.717, 1.165) is 30.7 Å². The van der Waals surface area contributed by atoms with E-state index in [1.165, 1.54) is 12.0 Å². The van der Waals surface area contributed by atoms with Gasteiger partial charge in [-0.1, -0.05) is 36.4 Å². The molecular weight excluding hydrogens is 324 g/mol. The summed E-state index contributed by atoms with van der Waals surface area (Å²) >= 11 is 0. The van der Waals surface area contributed by atoms with Crippen molar-refractivity contribution in [1.29, 1.82) is 0 Å². The first kappa shape index (κ1) is 18.5. The normalized spacial score (nSPS) is 15.6. The summed E-state index contributed by atoms with van der Waals surface area (Å²) in [6.07, 6.45) is 8.24. The molecule has 1 aliphatic carbocycles. The molecule has 1 amide bonds. The molecule has 138 valence electrons. The van der Waals surface area contributed by atoms with Crippen molar-refractivity contribution >= 4 is 5.91 Å². The summed E-state index contributed by atoms with van der Waals surface area (Å²) in [4.78, 5) is 17.1. The molecule has 4 nitrogen and oxygen atoms in total. The Morgan fingerprint density at radius 2 is 1.96 bits per heavy atom. The molecule has 1 atom stereocenters. The third-order valence-electron chi connectivity index (χ3n) is 5.14. The van der Waals surface area contributed by atoms with Crippen LogP contribution in [0.25, 0.3) is 0 Å². The average molecular weight is 352 g/mol. The summed E-state index contributed by atoms with van der Waals surface area (Å²) in [6, 6.07) is 14.3. The highest BCUT2D eigenvalue weighted by atomic mass is 16.3. The van der Waals surface area contributed by atoms with Crippen LogP contribution in [0.1, 0.15) is 50.0 Å². The number of carbonyl (C=O) groups is 1. The fraction of sp³-hybridized carbons (Fsp3) is 0.409. The quantitative estimate of drug-likeness (QED) is 0.721. The van der Waals surface area contributed by atoms with Crippen LogP contribution in [0.3, 0.4) is 0 Å². The Kier molecular flexibility index (Phi) is 6.29. The minimum Gasteiger partial charge on any atom is -0.467 e. The summed E-state index contributed by atoms with van der Waals surface area (Å²) in [7, 11) is 2.01. The first-order chi connectivity index (χ1) is 12.6. The van der Waals surface area contributed by atoms with Crippen molar-refractivity contribution in [2.45, 2.75) is 45.2 Å². The predicted octanol–water partition coefficient (Wildman–Crippen LogP) is 4.76. The Balaban J connectivity index is 1.71. The van der Waals surface area contributed by atoms with Gasteiger partial charge in [0.1, 0.15) is 5.76 Å². The summed E-state index contributed by atoms with van der Waals surface area (Å²) in [5.74, 6) is 0.948. The highest BCUT2D eigenvalue weighted by Crippen LogP contribution is 2.24. The van der Waals surface area contributed by atoms with Crippen LogP contribution in [-0.4, -0.2) is 29.3 Å². The van der Waals surface area contributed by atoms with E-state index >= 15 is 0 Å². The predicted molar refractivity (Wildman–Crippen MR) is 103 cm³/mol. The monoisotopic (exact) mass is 352 g/mol. The molecule has 0 N–H and O–H groups in total. The van der Waals surface area contributed by atoms with Gasteiger partial charge in [0.2, 0.25) is 5.91 Å². The standard InChI is InChI=1S/C22H28N2O2/c1-18(19-10-5-3-6-11-19)23(2)17-22(25)24(16-21-14-9-15-26-21)20-12-7-4-8-13-20/h3,5-6,9-12,14-15,18H,4,7-8,13,16-17H2,1-2H3. The number of hydrogen-bond donors (Lipinski definition) is 0. The molecule has 4 heteroatoms. The first-order valence-electron chi connectivity index (χ1n) is 9.42. The fourth-order valence-electron chi connectivity index (χ4n) is 3.40. The van der Waals surface area contributed by atoms with Gasteiger partial charge in [-0.05, 0) is 57.4 Å². The smallest absolute Gasteiger partial charge is 0.241 e. The number of nitrogens with zero attached hydrogens (tertiary/aromatic N) is 2. The third kappa shape index (κ3) is 4.64. The Labute approximate surface area is 156 Å².